The predicted octanol–water partition coefficient (Wildman–Crippen LogP) is 4.56. The van der Waals surface area contributed by atoms with Gasteiger partial charge >= 0.3 is 47.8 Å². The Morgan fingerprint density at radius 3 is 0.778 bits per heavy atom. The van der Waals surface area contributed by atoms with E-state index >= 15 is 0 Å². The summed E-state index contributed by atoms with van der Waals surface area (Å²) < 4.78 is 210. The third kappa shape index (κ3) is 3.70. The van der Waals surface area contributed by atoms with Crippen LogP contribution in [0.1, 0.15) is 0 Å². The zero-order valence-corrected chi connectivity index (χ0v) is 13.9. The number of hydrogen-bond donors (Lipinski definition) is 1. The van der Waals surface area contributed by atoms with Gasteiger partial charge in [0, 0.05) is 29.6 Å². The van der Waals surface area contributed by atoms with Crippen LogP contribution in [0.25, 0.3) is 0 Å². The molecule has 1 radical (unpaired) electrons. The zero-order chi connectivity index (χ0) is 22.0. The predicted molar refractivity (Wildman–Crippen MR) is 48.7 cm³/mol. The van der Waals surface area contributed by atoms with Crippen LogP contribution in [0.3, 0.4) is 0 Å². The molecule has 1 N–H and O–H groups in total. The Morgan fingerprint density at radius 2 is 0.556 bits per heavy atom. The summed E-state index contributed by atoms with van der Waals surface area (Å²) in [5.74, 6) is -50.0. The molecule has 0 heterocycles. The van der Waals surface area contributed by atoms with E-state index in [4.69, 9.17) is 5.11 Å². The molecule has 0 bridgehead atoms. The maximum atomic E-state index is 12.8. The summed E-state index contributed by atoms with van der Waals surface area (Å²) in [6, 6.07) is 0. The van der Waals surface area contributed by atoms with Gasteiger partial charge in [0.25, 0.3) is 0 Å². The Labute approximate surface area is 157 Å². The molecule has 0 aliphatic carbocycles. The first-order chi connectivity index (χ1) is 10.8. The van der Waals surface area contributed by atoms with E-state index in [0.29, 0.717) is 0 Å². The van der Waals surface area contributed by atoms with Crippen molar-refractivity contribution in [2.24, 2.45) is 0 Å². The van der Waals surface area contributed by atoms with Gasteiger partial charge in [0.1, 0.15) is 0 Å². The Hall–Kier alpha value is -0.230. The molecule has 1 unspecified atom stereocenters. The minimum atomic E-state index is -8.64. The van der Waals surface area contributed by atoms with E-state index in [2.05, 4.69) is 0 Å². The van der Waals surface area contributed by atoms with E-state index in [0.717, 1.165) is 0 Å². The van der Waals surface area contributed by atoms with E-state index < -0.39 is 47.8 Å². The van der Waals surface area contributed by atoms with Gasteiger partial charge in [-0.1, -0.05) is 0 Å². The van der Waals surface area contributed by atoms with Crippen molar-refractivity contribution in [3.05, 3.63) is 0 Å². The van der Waals surface area contributed by atoms with Gasteiger partial charge in [-0.15, -0.1) is 0 Å². The molecule has 0 aliphatic rings. The normalized spacial score (nSPS) is 18.0. The number of hydrogen-bond acceptors (Lipinski definition) is 1. The Morgan fingerprint density at radius 1 is 0.333 bits per heavy atom. The van der Waals surface area contributed by atoms with Crippen LogP contribution in [0.15, 0.2) is 0 Å². The van der Waals surface area contributed by atoms with Gasteiger partial charge in [-0.3, -0.25) is 0 Å². The van der Waals surface area contributed by atoms with E-state index in [1.54, 1.807) is 0 Å². The molecule has 27 heavy (non-hydrogen) atoms. The van der Waals surface area contributed by atoms with Gasteiger partial charge in [0.05, 0.1) is 0 Å². The maximum absolute atomic E-state index is 12.8. The van der Waals surface area contributed by atoms with Gasteiger partial charge in [0.15, 0.2) is 0 Å². The minimum Gasteiger partial charge on any atom is -0.350 e. The van der Waals surface area contributed by atoms with Crippen molar-refractivity contribution in [3.63, 3.8) is 0 Å². The second kappa shape index (κ2) is 6.93. The average Bonchev–Trinajstić information content (AvgIpc) is 2.34. The van der Waals surface area contributed by atoms with Crippen LogP contribution in [0.5, 0.6) is 0 Å². The molecule has 0 saturated heterocycles. The third-order valence-corrected chi connectivity index (χ3v) is 2.73. The molecule has 0 amide bonds. The molecule has 159 valence electrons. The van der Waals surface area contributed by atoms with Crippen LogP contribution in [0.4, 0.5) is 74.6 Å². The van der Waals surface area contributed by atoms with Crippen molar-refractivity contribution in [1.29, 1.82) is 0 Å². The molecule has 0 aliphatic heterocycles. The molecule has 0 aromatic heterocycles. The summed E-state index contributed by atoms with van der Waals surface area (Å²) in [6.07, 6.45) is -15.4. The van der Waals surface area contributed by atoms with Crippen molar-refractivity contribution >= 4 is 29.6 Å². The molecular weight excluding hydrogens is 458 g/mol. The summed E-state index contributed by atoms with van der Waals surface area (Å²) in [7, 11) is 0. The van der Waals surface area contributed by atoms with Gasteiger partial charge < -0.3 is 5.11 Å². The third-order valence-electron chi connectivity index (χ3n) is 2.73. The first-order valence-corrected chi connectivity index (χ1v) is 5.19. The van der Waals surface area contributed by atoms with Crippen molar-refractivity contribution in [2.75, 3.05) is 0 Å². The van der Waals surface area contributed by atoms with Gasteiger partial charge in [-0.2, -0.15) is 74.6 Å². The summed E-state index contributed by atoms with van der Waals surface area (Å²) in [5, 5.41) is 7.70. The summed E-state index contributed by atoms with van der Waals surface area (Å²) in [4.78, 5) is 0. The molecule has 0 spiro atoms. The van der Waals surface area contributed by atoms with Gasteiger partial charge in [-0.05, 0) is 0 Å². The Kier molecular flexibility index (Phi) is 7.44. The fourth-order valence-corrected chi connectivity index (χ4v) is 1.16. The van der Waals surface area contributed by atoms with E-state index in [-0.39, 0.29) is 29.6 Å². The van der Waals surface area contributed by atoms with Crippen LogP contribution in [0, 0.1) is 0 Å². The van der Waals surface area contributed by atoms with E-state index in [1.165, 1.54) is 0 Å². The summed E-state index contributed by atoms with van der Waals surface area (Å²) in [6.45, 7) is 0. The smallest absolute Gasteiger partial charge is 0.350 e. The van der Waals surface area contributed by atoms with Gasteiger partial charge in [0.2, 0.25) is 0 Å². The van der Waals surface area contributed by atoms with Crippen LogP contribution in [0.2, 0.25) is 0 Å². The number of aliphatic hydroxyl groups is 1. The van der Waals surface area contributed by atoms with Crippen molar-refractivity contribution in [2.45, 2.75) is 47.8 Å². The summed E-state index contributed by atoms with van der Waals surface area (Å²) >= 11 is 0. The standard InChI is InChI=1S/C8HF17O.Na/c9-1(10,3(13,14)5(17,18)7(20,21)22)2(11,12)4(15,16)6(19,26)8(23,24)25;/h26H;. The van der Waals surface area contributed by atoms with Crippen LogP contribution < -0.4 is 0 Å². The van der Waals surface area contributed by atoms with E-state index in [1.807, 2.05) is 0 Å². The van der Waals surface area contributed by atoms with E-state index in [9.17, 15) is 74.6 Å². The van der Waals surface area contributed by atoms with Crippen LogP contribution >= 0.6 is 0 Å². The fourth-order valence-electron chi connectivity index (χ4n) is 1.16. The number of rotatable bonds is 5. The van der Waals surface area contributed by atoms with Crippen molar-refractivity contribution in [1.82, 2.24) is 0 Å². The van der Waals surface area contributed by atoms with Crippen molar-refractivity contribution in [3.8, 4) is 0 Å². The monoisotopic (exact) mass is 459 g/mol. The molecule has 0 aromatic rings. The molecule has 19 heteroatoms. The van der Waals surface area contributed by atoms with Crippen LogP contribution in [-0.2, 0) is 0 Å². The zero-order valence-electron chi connectivity index (χ0n) is 11.9. The second-order valence-electron chi connectivity index (χ2n) is 4.49. The molecule has 0 saturated carbocycles. The van der Waals surface area contributed by atoms with Gasteiger partial charge in [-0.25, -0.2) is 0 Å². The first-order valence-electron chi connectivity index (χ1n) is 5.19. The summed E-state index contributed by atoms with van der Waals surface area (Å²) in [5.41, 5.74) is 0. The number of alkyl halides is 17. The van der Waals surface area contributed by atoms with Crippen molar-refractivity contribution < 1.29 is 79.7 Å². The maximum Gasteiger partial charge on any atom is 0.460 e. The van der Waals surface area contributed by atoms with Crippen LogP contribution in [-0.4, -0.2) is 82.5 Å². The first kappa shape index (κ1) is 29.0. The Balaban J connectivity index is 0. The second-order valence-corrected chi connectivity index (χ2v) is 4.49. The molecule has 1 nitrogen and oxygen atoms in total. The quantitative estimate of drug-likeness (QED) is 0.473. The molecule has 0 aromatic carbocycles. The average molecular weight is 459 g/mol. The SMILES string of the molecule is OC(F)(C(F)(F)F)C(F)(F)C(F)(F)C(F)(F)C(F)(F)C(F)(F)C(F)(F)F.[Na]. The number of halogens is 17. The molecular formula is C8HF17NaO. The largest absolute Gasteiger partial charge is 0.460 e. The molecule has 1 atom stereocenters. The fraction of sp³-hybridized carbons (Fsp3) is 1.00. The minimum absolute atomic E-state index is 0. The Bertz CT molecular complexity index is 480. The topological polar surface area (TPSA) is 20.2 Å². The molecule has 0 rings (SSSR count). The molecule has 0 fully saturated rings.